The lowest BCUT2D eigenvalue weighted by atomic mass is 9.86. The first-order chi connectivity index (χ1) is 14.3. The smallest absolute Gasteiger partial charge is 0.407 e. The van der Waals surface area contributed by atoms with Crippen molar-refractivity contribution < 1.29 is 14.3 Å². The molecule has 160 valence electrons. The Morgan fingerprint density at radius 2 is 2.03 bits per heavy atom. The van der Waals surface area contributed by atoms with Crippen molar-refractivity contribution in [2.24, 2.45) is 5.92 Å². The molecule has 3 aromatic rings. The lowest BCUT2D eigenvalue weighted by Crippen LogP contribution is -2.40. The van der Waals surface area contributed by atoms with E-state index in [9.17, 15) is 9.59 Å². The third kappa shape index (κ3) is 4.37. The Hall–Kier alpha value is -3.17. The molecule has 10 nitrogen and oxygen atoms in total. The SMILES string of the molecule is CC(C)(C)OC(=O)NC[C@H]1CC[C@H](NC(=O)c2c[nH]c3ncc4nncn4c23)CC1. The summed E-state index contributed by atoms with van der Waals surface area (Å²) in [6, 6.07) is 0.105. The van der Waals surface area contributed by atoms with Crippen LogP contribution in [0, 0.1) is 5.92 Å². The van der Waals surface area contributed by atoms with Gasteiger partial charge < -0.3 is 20.4 Å². The molecule has 0 atom stereocenters. The van der Waals surface area contributed by atoms with E-state index in [0.717, 1.165) is 25.7 Å². The summed E-state index contributed by atoms with van der Waals surface area (Å²) in [7, 11) is 0. The van der Waals surface area contributed by atoms with Crippen molar-refractivity contribution in [3.63, 3.8) is 0 Å². The molecule has 1 aliphatic carbocycles. The van der Waals surface area contributed by atoms with Crippen molar-refractivity contribution in [3.05, 3.63) is 24.3 Å². The average molecular weight is 413 g/mol. The van der Waals surface area contributed by atoms with Crippen LogP contribution in [0.1, 0.15) is 56.8 Å². The van der Waals surface area contributed by atoms with Crippen LogP contribution < -0.4 is 10.6 Å². The maximum absolute atomic E-state index is 12.9. The van der Waals surface area contributed by atoms with Crippen LogP contribution in [-0.2, 0) is 4.74 Å². The number of alkyl carbamates (subject to hydrolysis) is 1. The van der Waals surface area contributed by atoms with E-state index in [-0.39, 0.29) is 18.0 Å². The highest BCUT2D eigenvalue weighted by molar-refractivity contribution is 6.05. The number of hydrogen-bond acceptors (Lipinski definition) is 6. The predicted octanol–water partition coefficient (Wildman–Crippen LogP) is 2.42. The molecule has 30 heavy (non-hydrogen) atoms. The second kappa shape index (κ2) is 7.92. The van der Waals surface area contributed by atoms with E-state index < -0.39 is 5.60 Å². The fourth-order valence-corrected chi connectivity index (χ4v) is 3.86. The maximum atomic E-state index is 12.9. The third-order valence-electron chi connectivity index (χ3n) is 5.32. The van der Waals surface area contributed by atoms with E-state index >= 15 is 0 Å². The Morgan fingerprint density at radius 3 is 2.77 bits per heavy atom. The highest BCUT2D eigenvalue weighted by Gasteiger charge is 2.25. The molecule has 0 aromatic carbocycles. The van der Waals surface area contributed by atoms with Gasteiger partial charge in [0.1, 0.15) is 17.4 Å². The lowest BCUT2D eigenvalue weighted by Gasteiger charge is -2.29. The van der Waals surface area contributed by atoms with Crippen LogP contribution >= 0.6 is 0 Å². The van der Waals surface area contributed by atoms with Crippen molar-refractivity contribution in [2.75, 3.05) is 6.54 Å². The quantitative estimate of drug-likeness (QED) is 0.603. The van der Waals surface area contributed by atoms with E-state index in [1.807, 2.05) is 20.8 Å². The number of rotatable bonds is 4. The normalized spacial score (nSPS) is 19.7. The summed E-state index contributed by atoms with van der Waals surface area (Å²) in [5.74, 6) is 0.249. The molecule has 3 aromatic heterocycles. The number of aromatic amines is 1. The first-order valence-corrected chi connectivity index (χ1v) is 10.2. The summed E-state index contributed by atoms with van der Waals surface area (Å²) in [6.45, 7) is 6.13. The summed E-state index contributed by atoms with van der Waals surface area (Å²) in [4.78, 5) is 32.0. The van der Waals surface area contributed by atoms with Gasteiger partial charge in [-0.25, -0.2) is 9.78 Å². The molecular weight excluding hydrogens is 386 g/mol. The first kappa shape index (κ1) is 20.1. The Bertz CT molecular complexity index is 1060. The van der Waals surface area contributed by atoms with Gasteiger partial charge in [0.05, 0.1) is 11.8 Å². The maximum Gasteiger partial charge on any atom is 0.407 e. The van der Waals surface area contributed by atoms with Gasteiger partial charge in [0.15, 0.2) is 11.3 Å². The number of fused-ring (bicyclic) bond motifs is 3. The number of carbonyl (C=O) groups excluding carboxylic acids is 2. The molecule has 1 aliphatic rings. The number of amides is 2. The lowest BCUT2D eigenvalue weighted by molar-refractivity contribution is 0.0514. The summed E-state index contributed by atoms with van der Waals surface area (Å²) in [5.41, 5.74) is 1.91. The van der Waals surface area contributed by atoms with E-state index in [1.165, 1.54) is 0 Å². The molecule has 0 saturated heterocycles. The molecule has 0 spiro atoms. The Labute approximate surface area is 173 Å². The summed E-state index contributed by atoms with van der Waals surface area (Å²) in [5, 5.41) is 13.9. The molecule has 0 radical (unpaired) electrons. The summed E-state index contributed by atoms with van der Waals surface area (Å²) in [6.07, 6.45) is 8.09. The molecule has 10 heteroatoms. The topological polar surface area (TPSA) is 126 Å². The zero-order valence-electron chi connectivity index (χ0n) is 17.4. The van der Waals surface area contributed by atoms with E-state index in [0.29, 0.717) is 34.8 Å². The largest absolute Gasteiger partial charge is 0.444 e. The number of H-pyrrole nitrogens is 1. The fraction of sp³-hybridized carbons (Fsp3) is 0.550. The fourth-order valence-electron chi connectivity index (χ4n) is 3.86. The number of nitrogens with zero attached hydrogens (tertiary/aromatic N) is 4. The van der Waals surface area contributed by atoms with E-state index in [4.69, 9.17) is 4.74 Å². The van der Waals surface area contributed by atoms with Gasteiger partial charge in [-0.3, -0.25) is 9.20 Å². The summed E-state index contributed by atoms with van der Waals surface area (Å²) < 4.78 is 7.03. The molecule has 1 fully saturated rings. The predicted molar refractivity (Wildman–Crippen MR) is 110 cm³/mol. The second-order valence-electron chi connectivity index (χ2n) is 8.79. The van der Waals surface area contributed by atoms with Crippen molar-refractivity contribution in [1.29, 1.82) is 0 Å². The van der Waals surface area contributed by atoms with Crippen LogP contribution in [-0.4, -0.2) is 54.8 Å². The molecule has 3 heterocycles. The van der Waals surface area contributed by atoms with E-state index in [1.54, 1.807) is 23.1 Å². The van der Waals surface area contributed by atoms with Crippen LogP contribution in [0.25, 0.3) is 16.8 Å². The Kier molecular flexibility index (Phi) is 5.31. The Balaban J connectivity index is 1.31. The number of hydrogen-bond donors (Lipinski definition) is 3. The molecule has 0 aliphatic heterocycles. The third-order valence-corrected chi connectivity index (χ3v) is 5.32. The Morgan fingerprint density at radius 1 is 1.27 bits per heavy atom. The van der Waals surface area contributed by atoms with Crippen LogP contribution in [0.4, 0.5) is 4.79 Å². The molecule has 4 rings (SSSR count). The highest BCUT2D eigenvalue weighted by Crippen LogP contribution is 2.25. The molecule has 2 amide bonds. The number of nitrogens with one attached hydrogen (secondary N) is 3. The van der Waals surface area contributed by atoms with Gasteiger partial charge in [-0.15, -0.1) is 10.2 Å². The highest BCUT2D eigenvalue weighted by atomic mass is 16.6. The zero-order valence-corrected chi connectivity index (χ0v) is 17.4. The number of ether oxygens (including phenoxy) is 1. The zero-order chi connectivity index (χ0) is 21.3. The van der Waals surface area contributed by atoms with Gasteiger partial charge in [-0.1, -0.05) is 0 Å². The molecular formula is C20H27N7O3. The second-order valence-corrected chi connectivity index (χ2v) is 8.79. The van der Waals surface area contributed by atoms with Gasteiger partial charge in [-0.05, 0) is 52.4 Å². The first-order valence-electron chi connectivity index (χ1n) is 10.2. The van der Waals surface area contributed by atoms with Crippen LogP contribution in [0.2, 0.25) is 0 Å². The minimum Gasteiger partial charge on any atom is -0.444 e. The minimum absolute atomic E-state index is 0.105. The molecule has 0 bridgehead atoms. The standard InChI is InChI=1S/C20H27N7O3/c1-20(2,3)30-19(29)23-8-12-4-6-13(7-5-12)25-18(28)14-9-21-17-16(14)27-11-24-26-15(27)10-22-17/h9-13,21H,4-8H2,1-3H3,(H,23,29)(H,25,28)/t12-,13-. The van der Waals surface area contributed by atoms with Gasteiger partial charge in [0.2, 0.25) is 0 Å². The van der Waals surface area contributed by atoms with E-state index in [2.05, 4.69) is 30.8 Å². The van der Waals surface area contributed by atoms with Gasteiger partial charge in [0, 0.05) is 18.8 Å². The van der Waals surface area contributed by atoms with Gasteiger partial charge >= 0.3 is 6.09 Å². The van der Waals surface area contributed by atoms with Crippen molar-refractivity contribution in [3.8, 4) is 0 Å². The molecule has 1 saturated carbocycles. The van der Waals surface area contributed by atoms with Crippen LogP contribution in [0.15, 0.2) is 18.7 Å². The van der Waals surface area contributed by atoms with Crippen molar-refractivity contribution in [2.45, 2.75) is 58.1 Å². The van der Waals surface area contributed by atoms with Crippen molar-refractivity contribution in [1.82, 2.24) is 35.2 Å². The van der Waals surface area contributed by atoms with Gasteiger partial charge in [0.25, 0.3) is 5.91 Å². The molecule has 0 unspecified atom stereocenters. The van der Waals surface area contributed by atoms with Gasteiger partial charge in [-0.2, -0.15) is 0 Å². The summed E-state index contributed by atoms with van der Waals surface area (Å²) >= 11 is 0. The monoisotopic (exact) mass is 413 g/mol. The minimum atomic E-state index is -0.498. The molecule has 3 N–H and O–H groups in total. The average Bonchev–Trinajstić information content (AvgIpc) is 3.32. The number of aromatic nitrogens is 5. The van der Waals surface area contributed by atoms with Crippen LogP contribution in [0.3, 0.4) is 0 Å². The number of carbonyl (C=O) groups is 2. The van der Waals surface area contributed by atoms with Crippen molar-refractivity contribution >= 4 is 28.8 Å². The van der Waals surface area contributed by atoms with Crippen LogP contribution in [0.5, 0.6) is 0 Å².